The minimum Gasteiger partial charge on any atom is -0.353 e. The molecule has 2 aromatic rings. The third-order valence-corrected chi connectivity index (χ3v) is 3.75. The Balaban J connectivity index is 1.62. The minimum atomic E-state index is 0.637. The van der Waals surface area contributed by atoms with Gasteiger partial charge in [-0.15, -0.1) is 10.2 Å². The van der Waals surface area contributed by atoms with E-state index in [1.54, 1.807) is 0 Å². The van der Waals surface area contributed by atoms with Gasteiger partial charge in [-0.05, 0) is 51.0 Å². The normalized spacial score (nSPS) is 17.7. The van der Waals surface area contributed by atoms with Crippen LogP contribution in [0.2, 0.25) is 0 Å². The van der Waals surface area contributed by atoms with Crippen LogP contribution in [-0.2, 0) is 0 Å². The van der Waals surface area contributed by atoms with Crippen molar-refractivity contribution >= 4 is 17.0 Å². The fourth-order valence-corrected chi connectivity index (χ4v) is 2.46. The van der Waals surface area contributed by atoms with Crippen molar-refractivity contribution in [2.45, 2.75) is 12.8 Å². The Morgan fingerprint density at radius 2 is 1.89 bits per heavy atom. The van der Waals surface area contributed by atoms with Gasteiger partial charge in [0.1, 0.15) is 5.52 Å². The number of nitrogens with zero attached hydrogens (tertiary/aromatic N) is 4. The zero-order valence-corrected chi connectivity index (χ0v) is 11.2. The number of aromatic nitrogens is 3. The van der Waals surface area contributed by atoms with Gasteiger partial charge in [0.15, 0.2) is 0 Å². The van der Waals surface area contributed by atoms with Gasteiger partial charge in [-0.25, -0.2) is 4.98 Å². The van der Waals surface area contributed by atoms with Crippen molar-refractivity contribution in [1.29, 1.82) is 0 Å². The SMILES string of the molecule is CN1CCC(CNc2nnc3ccccc3n2)CC1. The molecule has 2 heterocycles. The van der Waals surface area contributed by atoms with Gasteiger partial charge in [0.2, 0.25) is 5.95 Å². The Morgan fingerprint density at radius 1 is 1.16 bits per heavy atom. The molecule has 0 spiro atoms. The summed E-state index contributed by atoms with van der Waals surface area (Å²) in [5.74, 6) is 1.35. The molecule has 5 heteroatoms. The van der Waals surface area contributed by atoms with Crippen molar-refractivity contribution in [2.75, 3.05) is 32.0 Å². The largest absolute Gasteiger partial charge is 0.353 e. The molecule has 1 fully saturated rings. The Morgan fingerprint density at radius 3 is 2.68 bits per heavy atom. The highest BCUT2D eigenvalue weighted by molar-refractivity contribution is 5.73. The van der Waals surface area contributed by atoms with E-state index in [2.05, 4.69) is 32.4 Å². The molecule has 5 nitrogen and oxygen atoms in total. The fraction of sp³-hybridized carbons (Fsp3) is 0.500. The van der Waals surface area contributed by atoms with Crippen LogP contribution in [0, 0.1) is 5.92 Å². The van der Waals surface area contributed by atoms with Crippen LogP contribution in [0.25, 0.3) is 11.0 Å². The standard InChI is InChI=1S/C14H19N5/c1-19-8-6-11(7-9-19)10-15-14-16-12-4-2-3-5-13(12)17-18-14/h2-5,11H,6-10H2,1H3,(H,15,16,18). The number of likely N-dealkylation sites (tertiary alicyclic amines) is 1. The minimum absolute atomic E-state index is 0.637. The number of rotatable bonds is 3. The van der Waals surface area contributed by atoms with Gasteiger partial charge in [0.25, 0.3) is 0 Å². The van der Waals surface area contributed by atoms with Crippen LogP contribution in [-0.4, -0.2) is 46.8 Å². The van der Waals surface area contributed by atoms with Crippen molar-refractivity contribution in [3.63, 3.8) is 0 Å². The second-order valence-corrected chi connectivity index (χ2v) is 5.25. The average Bonchev–Trinajstić information content (AvgIpc) is 2.46. The van der Waals surface area contributed by atoms with Crippen LogP contribution in [0.3, 0.4) is 0 Å². The summed E-state index contributed by atoms with van der Waals surface area (Å²) in [4.78, 5) is 6.86. The van der Waals surface area contributed by atoms with Crippen LogP contribution >= 0.6 is 0 Å². The van der Waals surface area contributed by atoms with Gasteiger partial charge in [0.05, 0.1) is 5.52 Å². The van der Waals surface area contributed by atoms with Crippen LogP contribution < -0.4 is 5.32 Å². The summed E-state index contributed by atoms with van der Waals surface area (Å²) in [5.41, 5.74) is 1.73. The summed E-state index contributed by atoms with van der Waals surface area (Å²) in [6.07, 6.45) is 2.48. The number of para-hydroxylation sites is 1. The van der Waals surface area contributed by atoms with Crippen molar-refractivity contribution in [2.24, 2.45) is 5.92 Å². The molecule has 1 aliphatic heterocycles. The maximum absolute atomic E-state index is 4.48. The van der Waals surface area contributed by atoms with E-state index in [4.69, 9.17) is 0 Å². The molecule has 19 heavy (non-hydrogen) atoms. The average molecular weight is 257 g/mol. The third kappa shape index (κ3) is 2.98. The monoisotopic (exact) mass is 257 g/mol. The molecule has 100 valence electrons. The lowest BCUT2D eigenvalue weighted by Crippen LogP contribution is -2.33. The Labute approximate surface area is 113 Å². The van der Waals surface area contributed by atoms with Gasteiger partial charge in [-0.3, -0.25) is 0 Å². The molecular weight excluding hydrogens is 238 g/mol. The highest BCUT2D eigenvalue weighted by Gasteiger charge is 2.16. The zero-order valence-electron chi connectivity index (χ0n) is 11.2. The topological polar surface area (TPSA) is 53.9 Å². The number of hydrogen-bond donors (Lipinski definition) is 1. The predicted molar refractivity (Wildman–Crippen MR) is 76.0 cm³/mol. The number of piperidine rings is 1. The van der Waals surface area contributed by atoms with E-state index in [0.717, 1.165) is 17.6 Å². The second kappa shape index (κ2) is 5.48. The molecule has 3 rings (SSSR count). The number of fused-ring (bicyclic) bond motifs is 1. The van der Waals surface area contributed by atoms with E-state index in [-0.39, 0.29) is 0 Å². The summed E-state index contributed by atoms with van der Waals surface area (Å²) in [7, 11) is 2.18. The Hall–Kier alpha value is -1.75. The number of hydrogen-bond acceptors (Lipinski definition) is 5. The first-order chi connectivity index (χ1) is 9.31. The summed E-state index contributed by atoms with van der Waals surface area (Å²) < 4.78 is 0. The van der Waals surface area contributed by atoms with Crippen molar-refractivity contribution in [3.05, 3.63) is 24.3 Å². The molecule has 1 aromatic heterocycles. The molecule has 0 atom stereocenters. The molecule has 1 aliphatic rings. The lowest BCUT2D eigenvalue weighted by molar-refractivity contribution is 0.226. The van der Waals surface area contributed by atoms with Crippen LogP contribution in [0.4, 0.5) is 5.95 Å². The zero-order chi connectivity index (χ0) is 13.1. The van der Waals surface area contributed by atoms with Crippen molar-refractivity contribution in [3.8, 4) is 0 Å². The quantitative estimate of drug-likeness (QED) is 0.908. The number of nitrogens with one attached hydrogen (secondary N) is 1. The Kier molecular flexibility index (Phi) is 3.55. The molecule has 0 unspecified atom stereocenters. The van der Waals surface area contributed by atoms with E-state index in [9.17, 15) is 0 Å². The molecule has 0 radical (unpaired) electrons. The number of benzene rings is 1. The lowest BCUT2D eigenvalue weighted by Gasteiger charge is -2.28. The summed E-state index contributed by atoms with van der Waals surface area (Å²) in [5, 5.41) is 11.6. The first-order valence-electron chi connectivity index (χ1n) is 6.83. The number of anilines is 1. The van der Waals surface area contributed by atoms with Crippen LogP contribution in [0.1, 0.15) is 12.8 Å². The molecule has 1 N–H and O–H groups in total. The third-order valence-electron chi connectivity index (χ3n) is 3.75. The highest BCUT2D eigenvalue weighted by Crippen LogP contribution is 2.16. The first kappa shape index (κ1) is 12.3. The molecular formula is C14H19N5. The van der Waals surface area contributed by atoms with E-state index in [1.165, 1.54) is 25.9 Å². The van der Waals surface area contributed by atoms with Gasteiger partial charge in [-0.1, -0.05) is 12.1 Å². The van der Waals surface area contributed by atoms with Gasteiger partial charge in [0, 0.05) is 6.54 Å². The lowest BCUT2D eigenvalue weighted by atomic mass is 9.97. The summed E-state index contributed by atoms with van der Waals surface area (Å²) in [6, 6.07) is 7.81. The van der Waals surface area contributed by atoms with Gasteiger partial charge < -0.3 is 10.2 Å². The van der Waals surface area contributed by atoms with Gasteiger partial charge in [-0.2, -0.15) is 0 Å². The molecule has 0 saturated carbocycles. The predicted octanol–water partition coefficient (Wildman–Crippen LogP) is 1.78. The smallest absolute Gasteiger partial charge is 0.243 e. The van der Waals surface area contributed by atoms with Crippen LogP contribution in [0.15, 0.2) is 24.3 Å². The van der Waals surface area contributed by atoms with E-state index in [0.29, 0.717) is 11.9 Å². The van der Waals surface area contributed by atoms with Crippen LogP contribution in [0.5, 0.6) is 0 Å². The van der Waals surface area contributed by atoms with Crippen molar-refractivity contribution in [1.82, 2.24) is 20.1 Å². The Bertz CT molecular complexity index is 548. The van der Waals surface area contributed by atoms with Crippen molar-refractivity contribution < 1.29 is 0 Å². The van der Waals surface area contributed by atoms with E-state index in [1.807, 2.05) is 24.3 Å². The first-order valence-corrected chi connectivity index (χ1v) is 6.83. The second-order valence-electron chi connectivity index (χ2n) is 5.25. The fourth-order valence-electron chi connectivity index (χ4n) is 2.46. The highest BCUT2D eigenvalue weighted by atomic mass is 15.2. The molecule has 0 aliphatic carbocycles. The summed E-state index contributed by atoms with van der Waals surface area (Å²) in [6.45, 7) is 3.31. The molecule has 0 amide bonds. The van der Waals surface area contributed by atoms with E-state index >= 15 is 0 Å². The van der Waals surface area contributed by atoms with E-state index < -0.39 is 0 Å². The van der Waals surface area contributed by atoms with Gasteiger partial charge >= 0.3 is 0 Å². The maximum atomic E-state index is 4.48. The maximum Gasteiger partial charge on any atom is 0.243 e. The summed E-state index contributed by atoms with van der Waals surface area (Å²) >= 11 is 0. The molecule has 0 bridgehead atoms. The molecule has 1 aromatic carbocycles. The molecule has 1 saturated heterocycles.